The van der Waals surface area contributed by atoms with E-state index in [4.69, 9.17) is 0 Å². The number of hydrogen-bond acceptors (Lipinski definition) is 4. The van der Waals surface area contributed by atoms with E-state index < -0.39 is 5.95 Å². The first-order valence-electron chi connectivity index (χ1n) is 7.52. The molecular weight excluding hydrogens is 255 g/mol. The van der Waals surface area contributed by atoms with E-state index in [9.17, 15) is 4.39 Å². The molecule has 2 rings (SSSR count). The van der Waals surface area contributed by atoms with Crippen LogP contribution in [-0.2, 0) is 0 Å². The molecule has 2 heterocycles. The third kappa shape index (κ3) is 3.60. The van der Waals surface area contributed by atoms with Gasteiger partial charge in [-0.25, -0.2) is 4.98 Å². The normalized spacial score (nSPS) is 16.4. The van der Waals surface area contributed by atoms with Crippen LogP contribution in [0.5, 0.6) is 0 Å². The van der Waals surface area contributed by atoms with Gasteiger partial charge in [0.1, 0.15) is 0 Å². The maximum absolute atomic E-state index is 13.6. The van der Waals surface area contributed by atoms with E-state index in [1.807, 2.05) is 0 Å². The molecule has 1 aliphatic heterocycles. The van der Waals surface area contributed by atoms with E-state index in [1.54, 1.807) is 6.07 Å². The standard InChI is InChI=1S/C15H25FN4/c1-4-20(12-7-9-17-10-8-12)15-13(18-11(2)3)5-6-14(16)19-15/h5-6,11-12,17-18H,4,7-10H2,1-3H3. The average molecular weight is 280 g/mol. The van der Waals surface area contributed by atoms with Crippen molar-refractivity contribution in [2.45, 2.75) is 45.7 Å². The van der Waals surface area contributed by atoms with Gasteiger partial charge in [0.2, 0.25) is 5.95 Å². The Hall–Kier alpha value is -1.36. The van der Waals surface area contributed by atoms with Gasteiger partial charge in [-0.3, -0.25) is 0 Å². The summed E-state index contributed by atoms with van der Waals surface area (Å²) < 4.78 is 13.6. The van der Waals surface area contributed by atoms with Crippen molar-refractivity contribution in [2.24, 2.45) is 0 Å². The predicted molar refractivity (Wildman–Crippen MR) is 81.9 cm³/mol. The lowest BCUT2D eigenvalue weighted by molar-refractivity contribution is 0.430. The average Bonchev–Trinajstić information content (AvgIpc) is 2.43. The molecule has 0 saturated carbocycles. The van der Waals surface area contributed by atoms with Crippen molar-refractivity contribution in [1.29, 1.82) is 0 Å². The molecule has 20 heavy (non-hydrogen) atoms. The number of pyridine rings is 1. The molecule has 0 aliphatic carbocycles. The number of nitrogens with zero attached hydrogens (tertiary/aromatic N) is 2. The molecule has 1 aromatic heterocycles. The van der Waals surface area contributed by atoms with E-state index in [2.05, 4.69) is 41.3 Å². The van der Waals surface area contributed by atoms with E-state index >= 15 is 0 Å². The summed E-state index contributed by atoms with van der Waals surface area (Å²) in [5, 5.41) is 6.73. The van der Waals surface area contributed by atoms with Crippen LogP contribution in [0.2, 0.25) is 0 Å². The summed E-state index contributed by atoms with van der Waals surface area (Å²) in [6, 6.07) is 3.95. The quantitative estimate of drug-likeness (QED) is 0.814. The van der Waals surface area contributed by atoms with Gasteiger partial charge in [-0.05, 0) is 58.8 Å². The van der Waals surface area contributed by atoms with Crippen molar-refractivity contribution in [3.05, 3.63) is 18.1 Å². The first-order valence-corrected chi connectivity index (χ1v) is 7.52. The van der Waals surface area contributed by atoms with E-state index in [0.29, 0.717) is 12.1 Å². The van der Waals surface area contributed by atoms with Gasteiger partial charge in [-0.15, -0.1) is 0 Å². The SMILES string of the molecule is CCN(c1nc(F)ccc1NC(C)C)C1CCNCC1. The minimum absolute atomic E-state index is 0.299. The fourth-order valence-corrected chi connectivity index (χ4v) is 2.77. The molecular formula is C15H25FN4. The molecule has 4 nitrogen and oxygen atoms in total. The van der Waals surface area contributed by atoms with Crippen molar-refractivity contribution < 1.29 is 4.39 Å². The maximum Gasteiger partial charge on any atom is 0.214 e. The van der Waals surface area contributed by atoms with Gasteiger partial charge in [0.25, 0.3) is 0 Å². The minimum Gasteiger partial charge on any atom is -0.380 e. The molecule has 0 aromatic carbocycles. The Balaban J connectivity index is 2.28. The summed E-state index contributed by atoms with van der Waals surface area (Å²) in [5.41, 5.74) is 0.918. The lowest BCUT2D eigenvalue weighted by Crippen LogP contribution is -2.44. The highest BCUT2D eigenvalue weighted by Gasteiger charge is 2.23. The Labute approximate surface area is 120 Å². The van der Waals surface area contributed by atoms with Gasteiger partial charge in [-0.2, -0.15) is 4.39 Å². The van der Waals surface area contributed by atoms with E-state index in [0.717, 1.165) is 44.0 Å². The van der Waals surface area contributed by atoms with Crippen LogP contribution in [0.1, 0.15) is 33.6 Å². The van der Waals surface area contributed by atoms with Gasteiger partial charge in [0.05, 0.1) is 5.69 Å². The number of nitrogens with one attached hydrogen (secondary N) is 2. The maximum atomic E-state index is 13.6. The molecule has 0 amide bonds. The van der Waals surface area contributed by atoms with Crippen LogP contribution in [0.25, 0.3) is 0 Å². The van der Waals surface area contributed by atoms with Crippen molar-refractivity contribution in [1.82, 2.24) is 10.3 Å². The van der Waals surface area contributed by atoms with Crippen LogP contribution < -0.4 is 15.5 Å². The summed E-state index contributed by atoms with van der Waals surface area (Å²) >= 11 is 0. The lowest BCUT2D eigenvalue weighted by Gasteiger charge is -2.36. The van der Waals surface area contributed by atoms with Crippen molar-refractivity contribution in [3.63, 3.8) is 0 Å². The Bertz CT molecular complexity index is 430. The summed E-state index contributed by atoms with van der Waals surface area (Å²) in [4.78, 5) is 6.38. The topological polar surface area (TPSA) is 40.2 Å². The van der Waals surface area contributed by atoms with Crippen LogP contribution in [-0.4, -0.2) is 36.7 Å². The largest absolute Gasteiger partial charge is 0.380 e. The van der Waals surface area contributed by atoms with Crippen molar-refractivity contribution >= 4 is 11.5 Å². The second-order valence-corrected chi connectivity index (χ2v) is 5.57. The zero-order chi connectivity index (χ0) is 14.5. The molecule has 1 fully saturated rings. The third-order valence-corrected chi connectivity index (χ3v) is 3.65. The number of anilines is 2. The Morgan fingerprint density at radius 2 is 2.10 bits per heavy atom. The molecule has 0 radical (unpaired) electrons. The fraction of sp³-hybridized carbons (Fsp3) is 0.667. The number of aromatic nitrogens is 1. The molecule has 5 heteroatoms. The van der Waals surface area contributed by atoms with Gasteiger partial charge in [-0.1, -0.05) is 0 Å². The highest BCUT2D eigenvalue weighted by molar-refractivity contribution is 5.66. The Kier molecular flexibility index (Phi) is 5.17. The van der Waals surface area contributed by atoms with Gasteiger partial charge in [0.15, 0.2) is 5.82 Å². The molecule has 112 valence electrons. The van der Waals surface area contributed by atoms with Crippen LogP contribution in [0.15, 0.2) is 12.1 Å². The van der Waals surface area contributed by atoms with Crippen LogP contribution >= 0.6 is 0 Å². The highest BCUT2D eigenvalue weighted by Crippen LogP contribution is 2.28. The third-order valence-electron chi connectivity index (χ3n) is 3.65. The predicted octanol–water partition coefficient (Wildman–Crippen LogP) is 2.62. The highest BCUT2D eigenvalue weighted by atomic mass is 19.1. The lowest BCUT2D eigenvalue weighted by atomic mass is 10.0. The van der Waals surface area contributed by atoms with E-state index in [-0.39, 0.29) is 0 Å². The fourth-order valence-electron chi connectivity index (χ4n) is 2.77. The second-order valence-electron chi connectivity index (χ2n) is 5.57. The molecule has 1 aromatic rings. The van der Waals surface area contributed by atoms with Crippen LogP contribution in [0.4, 0.5) is 15.9 Å². The summed E-state index contributed by atoms with van der Waals surface area (Å²) in [6.07, 6.45) is 2.15. The molecule has 0 atom stereocenters. The summed E-state index contributed by atoms with van der Waals surface area (Å²) in [5.74, 6) is 0.329. The number of halogens is 1. The Morgan fingerprint density at radius 3 is 2.70 bits per heavy atom. The monoisotopic (exact) mass is 280 g/mol. The molecule has 2 N–H and O–H groups in total. The molecule has 1 saturated heterocycles. The molecule has 0 unspecified atom stereocenters. The van der Waals surface area contributed by atoms with Crippen LogP contribution in [0, 0.1) is 5.95 Å². The second kappa shape index (κ2) is 6.88. The van der Waals surface area contributed by atoms with Crippen LogP contribution in [0.3, 0.4) is 0 Å². The molecule has 0 spiro atoms. The smallest absolute Gasteiger partial charge is 0.214 e. The first kappa shape index (κ1) is 15.0. The van der Waals surface area contributed by atoms with E-state index in [1.165, 1.54) is 6.07 Å². The van der Waals surface area contributed by atoms with Gasteiger partial charge < -0.3 is 15.5 Å². The van der Waals surface area contributed by atoms with Crippen molar-refractivity contribution in [3.8, 4) is 0 Å². The van der Waals surface area contributed by atoms with Crippen molar-refractivity contribution in [2.75, 3.05) is 29.9 Å². The zero-order valence-corrected chi connectivity index (χ0v) is 12.6. The number of rotatable bonds is 5. The van der Waals surface area contributed by atoms with Gasteiger partial charge in [0, 0.05) is 18.6 Å². The molecule has 0 bridgehead atoms. The Morgan fingerprint density at radius 1 is 1.40 bits per heavy atom. The summed E-state index contributed by atoms with van der Waals surface area (Å²) in [7, 11) is 0. The first-order chi connectivity index (χ1) is 9.61. The minimum atomic E-state index is -0.415. The number of piperidine rings is 1. The summed E-state index contributed by atoms with van der Waals surface area (Å²) in [6.45, 7) is 9.14. The zero-order valence-electron chi connectivity index (χ0n) is 12.6. The number of hydrogen-bond donors (Lipinski definition) is 2. The molecule has 1 aliphatic rings. The van der Waals surface area contributed by atoms with Gasteiger partial charge >= 0.3 is 0 Å².